The lowest BCUT2D eigenvalue weighted by atomic mass is 10.0. The molecule has 0 aromatic heterocycles. The highest BCUT2D eigenvalue weighted by Crippen LogP contribution is 2.27. The topological polar surface area (TPSA) is 111 Å². The maximum absolute atomic E-state index is 12.6. The average Bonchev–Trinajstić information content (AvgIpc) is 2.85. The molecular weight excluding hydrogens is 458 g/mol. The molecule has 4 aromatic carbocycles. The molecule has 34 heavy (non-hydrogen) atoms. The third-order valence-corrected chi connectivity index (χ3v) is 5.17. The molecule has 0 heterocycles. The van der Waals surface area contributed by atoms with E-state index in [0.717, 1.165) is 10.8 Å². The molecule has 4 rings (SSSR count). The first-order valence-corrected chi connectivity index (χ1v) is 10.4. The summed E-state index contributed by atoms with van der Waals surface area (Å²) in [4.78, 5) is 35.7. The van der Waals surface area contributed by atoms with E-state index in [1.165, 1.54) is 30.5 Å². The van der Waals surface area contributed by atoms with Crippen LogP contribution in [0.3, 0.4) is 0 Å². The van der Waals surface area contributed by atoms with Crippen molar-refractivity contribution in [1.82, 2.24) is 5.43 Å². The second-order valence-electron chi connectivity index (χ2n) is 7.07. The van der Waals surface area contributed by atoms with Crippen molar-refractivity contribution in [3.8, 4) is 5.75 Å². The number of carbonyl (C=O) groups is 2. The highest BCUT2D eigenvalue weighted by molar-refractivity contribution is 6.30. The minimum atomic E-state index is -0.747. The number of fused-ring (bicyclic) bond motifs is 1. The normalized spacial score (nSPS) is 10.9. The van der Waals surface area contributed by atoms with Crippen LogP contribution in [0.15, 0.2) is 90.0 Å². The lowest BCUT2D eigenvalue weighted by molar-refractivity contribution is -0.385. The Morgan fingerprint density at radius 1 is 0.941 bits per heavy atom. The summed E-state index contributed by atoms with van der Waals surface area (Å²) < 4.78 is 5.60. The Balaban J connectivity index is 1.64. The molecule has 0 unspecified atom stereocenters. The van der Waals surface area contributed by atoms with Gasteiger partial charge in [-0.2, -0.15) is 5.10 Å². The Kier molecular flexibility index (Phi) is 6.61. The smallest absolute Gasteiger partial charge is 0.343 e. The fourth-order valence-corrected chi connectivity index (χ4v) is 3.41. The van der Waals surface area contributed by atoms with Gasteiger partial charge in [0.1, 0.15) is 11.3 Å². The maximum Gasteiger partial charge on any atom is 0.343 e. The molecule has 0 bridgehead atoms. The number of benzene rings is 4. The van der Waals surface area contributed by atoms with Gasteiger partial charge in [0, 0.05) is 16.7 Å². The van der Waals surface area contributed by atoms with E-state index in [9.17, 15) is 19.7 Å². The predicted octanol–water partition coefficient (Wildman–Crippen LogP) is 5.38. The zero-order valence-corrected chi connectivity index (χ0v) is 18.2. The van der Waals surface area contributed by atoms with E-state index in [2.05, 4.69) is 10.5 Å². The fourth-order valence-electron chi connectivity index (χ4n) is 3.28. The molecule has 1 N–H and O–H groups in total. The van der Waals surface area contributed by atoms with Gasteiger partial charge < -0.3 is 4.74 Å². The molecule has 0 atom stereocenters. The number of hydrazone groups is 1. The molecule has 0 aliphatic rings. The molecule has 0 spiro atoms. The van der Waals surface area contributed by atoms with Crippen LogP contribution in [0.2, 0.25) is 5.02 Å². The summed E-state index contributed by atoms with van der Waals surface area (Å²) in [6.45, 7) is 0. The first-order chi connectivity index (χ1) is 16.4. The van der Waals surface area contributed by atoms with E-state index < -0.39 is 16.8 Å². The van der Waals surface area contributed by atoms with Gasteiger partial charge in [0.05, 0.1) is 16.7 Å². The number of hydrogen-bond acceptors (Lipinski definition) is 6. The summed E-state index contributed by atoms with van der Waals surface area (Å²) in [6.07, 6.45) is 1.33. The third kappa shape index (κ3) is 4.92. The largest absolute Gasteiger partial charge is 0.422 e. The number of halogens is 1. The van der Waals surface area contributed by atoms with Crippen LogP contribution in [0.4, 0.5) is 5.69 Å². The highest BCUT2D eigenvalue weighted by Gasteiger charge is 2.19. The van der Waals surface area contributed by atoms with Crippen molar-refractivity contribution >= 4 is 46.2 Å². The summed E-state index contributed by atoms with van der Waals surface area (Å²) in [5, 5.41) is 17.2. The van der Waals surface area contributed by atoms with E-state index in [1.807, 2.05) is 24.3 Å². The number of nitro groups is 1. The van der Waals surface area contributed by atoms with Crippen LogP contribution < -0.4 is 10.2 Å². The quantitative estimate of drug-likeness (QED) is 0.133. The van der Waals surface area contributed by atoms with Crippen molar-refractivity contribution in [1.29, 1.82) is 0 Å². The number of hydrogen-bond donors (Lipinski definition) is 1. The molecule has 8 nitrogen and oxygen atoms in total. The van der Waals surface area contributed by atoms with Crippen molar-refractivity contribution in [2.45, 2.75) is 0 Å². The molecule has 4 aromatic rings. The first-order valence-electron chi connectivity index (χ1n) is 10.0. The summed E-state index contributed by atoms with van der Waals surface area (Å²) in [7, 11) is 0. The third-order valence-electron chi connectivity index (χ3n) is 4.92. The average molecular weight is 474 g/mol. The molecule has 0 radical (unpaired) electrons. The summed E-state index contributed by atoms with van der Waals surface area (Å²) >= 11 is 5.88. The molecule has 0 aliphatic heterocycles. The monoisotopic (exact) mass is 473 g/mol. The molecule has 0 fully saturated rings. The van der Waals surface area contributed by atoms with Gasteiger partial charge >= 0.3 is 5.97 Å². The van der Waals surface area contributed by atoms with E-state index in [4.69, 9.17) is 16.3 Å². The van der Waals surface area contributed by atoms with Gasteiger partial charge in [0.2, 0.25) is 0 Å². The number of amides is 1. The molecular formula is C25H16ClN3O5. The van der Waals surface area contributed by atoms with Gasteiger partial charge in [-0.05, 0) is 47.2 Å². The number of nitrogens with zero attached hydrogens (tertiary/aromatic N) is 2. The fraction of sp³-hybridized carbons (Fsp3) is 0. The zero-order valence-electron chi connectivity index (χ0n) is 17.5. The summed E-state index contributed by atoms with van der Waals surface area (Å²) in [6, 6.07) is 22.6. The Morgan fingerprint density at radius 2 is 1.65 bits per heavy atom. The Labute approximate surface area is 198 Å². The molecule has 0 saturated heterocycles. The van der Waals surface area contributed by atoms with Crippen LogP contribution in [0.25, 0.3) is 10.8 Å². The van der Waals surface area contributed by atoms with Gasteiger partial charge in [-0.3, -0.25) is 14.9 Å². The van der Waals surface area contributed by atoms with Gasteiger partial charge in [-0.1, -0.05) is 54.1 Å². The standard InChI is InChI=1S/C25H16ClN3O5/c26-18-12-9-17(10-13-18)25(31)34-23-14-11-16-5-1-2-6-19(16)21(23)15-27-28-24(30)20-7-3-4-8-22(20)29(32)33/h1-15H,(H,28,30)/b27-15+. The lowest BCUT2D eigenvalue weighted by Gasteiger charge is -2.10. The van der Waals surface area contributed by atoms with Gasteiger partial charge in [0.25, 0.3) is 11.6 Å². The van der Waals surface area contributed by atoms with Gasteiger partial charge in [-0.15, -0.1) is 0 Å². The maximum atomic E-state index is 12.6. The van der Waals surface area contributed by atoms with Crippen molar-refractivity contribution in [3.05, 3.63) is 117 Å². The van der Waals surface area contributed by atoms with Crippen LogP contribution in [0, 0.1) is 10.1 Å². The molecule has 168 valence electrons. The zero-order chi connectivity index (χ0) is 24.1. The Morgan fingerprint density at radius 3 is 2.41 bits per heavy atom. The number of carbonyl (C=O) groups excluding carboxylic acids is 2. The van der Waals surface area contributed by atoms with E-state index in [1.54, 1.807) is 36.4 Å². The molecule has 0 saturated carbocycles. The number of esters is 1. The minimum Gasteiger partial charge on any atom is -0.422 e. The number of rotatable bonds is 6. The van der Waals surface area contributed by atoms with Crippen molar-refractivity contribution < 1.29 is 19.2 Å². The van der Waals surface area contributed by atoms with Crippen LogP contribution in [0.5, 0.6) is 5.75 Å². The Hall–Kier alpha value is -4.56. The van der Waals surface area contributed by atoms with Crippen molar-refractivity contribution in [2.75, 3.05) is 0 Å². The number of ether oxygens (including phenoxy) is 1. The van der Waals surface area contributed by atoms with E-state index in [0.29, 0.717) is 16.1 Å². The first kappa shape index (κ1) is 22.6. The van der Waals surface area contributed by atoms with Crippen LogP contribution in [0.1, 0.15) is 26.3 Å². The van der Waals surface area contributed by atoms with Gasteiger partial charge in [-0.25, -0.2) is 10.2 Å². The van der Waals surface area contributed by atoms with Crippen LogP contribution in [-0.2, 0) is 0 Å². The van der Waals surface area contributed by atoms with E-state index in [-0.39, 0.29) is 17.0 Å². The lowest BCUT2D eigenvalue weighted by Crippen LogP contribution is -2.19. The minimum absolute atomic E-state index is 0.128. The van der Waals surface area contributed by atoms with Crippen molar-refractivity contribution in [2.24, 2.45) is 5.10 Å². The second kappa shape index (κ2) is 9.93. The summed E-state index contributed by atoms with van der Waals surface area (Å²) in [5.74, 6) is -1.11. The van der Waals surface area contributed by atoms with Crippen LogP contribution in [-0.4, -0.2) is 23.0 Å². The van der Waals surface area contributed by atoms with Crippen LogP contribution >= 0.6 is 11.6 Å². The second-order valence-corrected chi connectivity index (χ2v) is 7.50. The number of para-hydroxylation sites is 1. The molecule has 1 amide bonds. The predicted molar refractivity (Wildman–Crippen MR) is 129 cm³/mol. The SMILES string of the molecule is O=C(Oc1ccc2ccccc2c1/C=N/NC(=O)c1ccccc1[N+](=O)[O-])c1ccc(Cl)cc1. The Bertz CT molecular complexity index is 1430. The number of nitro benzene ring substituents is 1. The van der Waals surface area contributed by atoms with Crippen molar-refractivity contribution in [3.63, 3.8) is 0 Å². The molecule has 9 heteroatoms. The highest BCUT2D eigenvalue weighted by atomic mass is 35.5. The number of nitrogens with one attached hydrogen (secondary N) is 1. The van der Waals surface area contributed by atoms with Gasteiger partial charge in [0.15, 0.2) is 0 Å². The van der Waals surface area contributed by atoms with E-state index >= 15 is 0 Å². The summed E-state index contributed by atoms with van der Waals surface area (Å²) in [5.41, 5.74) is 2.59. The molecule has 0 aliphatic carbocycles.